The van der Waals surface area contributed by atoms with E-state index >= 15 is 0 Å². The van der Waals surface area contributed by atoms with Crippen LogP contribution in [0.5, 0.6) is 0 Å². The summed E-state index contributed by atoms with van der Waals surface area (Å²) in [7, 11) is 1.96. The van der Waals surface area contributed by atoms with Gasteiger partial charge >= 0.3 is 0 Å². The first-order valence-electron chi connectivity index (χ1n) is 2.15. The van der Waals surface area contributed by atoms with Gasteiger partial charge in [-0.1, -0.05) is 0 Å². The molecule has 0 aliphatic heterocycles. The first-order valence-corrected chi connectivity index (χ1v) is 2.15. The molecule has 0 spiro atoms. The molecule has 1 aromatic heterocycles. The summed E-state index contributed by atoms with van der Waals surface area (Å²) in [6.45, 7) is 0. The van der Waals surface area contributed by atoms with Crippen LogP contribution in [-0.4, -0.2) is 4.98 Å². The van der Waals surface area contributed by atoms with Gasteiger partial charge in [0.05, 0.1) is 12.4 Å². The molecule has 0 unspecified atom stereocenters. The number of rotatable bonds is 0. The van der Waals surface area contributed by atoms with Gasteiger partial charge in [-0.15, -0.1) is 0 Å². The molecule has 0 aliphatic rings. The van der Waals surface area contributed by atoms with E-state index in [-0.39, 0.29) is 12.4 Å². The van der Waals surface area contributed by atoms with E-state index in [9.17, 15) is 0 Å². The van der Waals surface area contributed by atoms with Gasteiger partial charge in [-0.25, -0.2) is 4.57 Å². The van der Waals surface area contributed by atoms with Crippen molar-refractivity contribution in [2.75, 3.05) is 0 Å². The average molecular weight is 131 g/mol. The molecule has 2 nitrogen and oxygen atoms in total. The Morgan fingerprint density at radius 1 is 1.25 bits per heavy atom. The Balaban J connectivity index is 0.000000490. The smallest absolute Gasteiger partial charge is 0.186 e. The van der Waals surface area contributed by atoms with Gasteiger partial charge in [-0.05, 0) is 0 Å². The summed E-state index contributed by atoms with van der Waals surface area (Å²) in [5.41, 5.74) is 0. The highest BCUT2D eigenvalue weighted by molar-refractivity contribution is 4.61. The van der Waals surface area contributed by atoms with Crippen molar-refractivity contribution in [1.82, 2.24) is 4.98 Å². The number of hydrogen-bond acceptors (Lipinski definition) is 1. The van der Waals surface area contributed by atoms with E-state index in [4.69, 9.17) is 0 Å². The fourth-order valence-corrected chi connectivity index (χ4v) is 0.387. The zero-order chi connectivity index (χ0) is 5.11. The maximum Gasteiger partial charge on any atom is 0.186 e. The predicted molar refractivity (Wildman–Crippen MR) is 25.4 cm³/mol. The molecule has 44 valence electrons. The maximum atomic E-state index is 3.82. The number of nitrogens with zero attached hydrogens (tertiary/aromatic N) is 2. The van der Waals surface area contributed by atoms with Gasteiger partial charge in [-0.3, -0.25) is 4.98 Å². The van der Waals surface area contributed by atoms with Crippen LogP contribution in [0.3, 0.4) is 0 Å². The van der Waals surface area contributed by atoms with Gasteiger partial charge in [0.2, 0.25) is 0 Å². The highest BCUT2D eigenvalue weighted by atomic mass is 35.5. The zero-order valence-electron chi connectivity index (χ0n) is 4.58. The maximum absolute atomic E-state index is 3.82. The van der Waals surface area contributed by atoms with Crippen molar-refractivity contribution in [2.24, 2.45) is 7.05 Å². The monoisotopic (exact) mass is 130 g/mol. The SMILES string of the molecule is C[n+]1ccncc1.[Cl-]. The lowest BCUT2D eigenvalue weighted by molar-refractivity contribution is -0.672. The van der Waals surface area contributed by atoms with Crippen molar-refractivity contribution in [3.8, 4) is 0 Å². The van der Waals surface area contributed by atoms with Crippen LogP contribution in [0.25, 0.3) is 0 Å². The van der Waals surface area contributed by atoms with Crippen LogP contribution < -0.4 is 17.0 Å². The minimum Gasteiger partial charge on any atom is -1.00 e. The highest BCUT2D eigenvalue weighted by Crippen LogP contribution is 1.63. The second-order valence-electron chi connectivity index (χ2n) is 1.41. The van der Waals surface area contributed by atoms with Crippen LogP contribution in [0, 0.1) is 0 Å². The molecule has 3 heteroatoms. The summed E-state index contributed by atoms with van der Waals surface area (Å²) >= 11 is 0. The van der Waals surface area contributed by atoms with E-state index in [1.165, 1.54) is 0 Å². The fraction of sp³-hybridized carbons (Fsp3) is 0.200. The summed E-state index contributed by atoms with van der Waals surface area (Å²) in [5, 5.41) is 0. The Hall–Kier alpha value is -0.630. The van der Waals surface area contributed by atoms with Gasteiger partial charge in [0.25, 0.3) is 0 Å². The van der Waals surface area contributed by atoms with Gasteiger partial charge in [0.15, 0.2) is 12.4 Å². The Morgan fingerprint density at radius 3 is 2.00 bits per heavy atom. The molecule has 0 N–H and O–H groups in total. The zero-order valence-corrected chi connectivity index (χ0v) is 5.34. The number of aromatic nitrogens is 2. The van der Waals surface area contributed by atoms with E-state index in [1.807, 2.05) is 24.0 Å². The first-order chi connectivity index (χ1) is 3.39. The van der Waals surface area contributed by atoms with Crippen molar-refractivity contribution in [3.05, 3.63) is 24.8 Å². The van der Waals surface area contributed by atoms with Gasteiger partial charge in [-0.2, -0.15) is 0 Å². The molecular formula is C5H7ClN2. The first kappa shape index (κ1) is 7.37. The van der Waals surface area contributed by atoms with Crippen molar-refractivity contribution in [1.29, 1.82) is 0 Å². The fourth-order valence-electron chi connectivity index (χ4n) is 0.387. The summed E-state index contributed by atoms with van der Waals surface area (Å²) < 4.78 is 1.94. The normalized spacial score (nSPS) is 7.62. The molecule has 0 atom stereocenters. The molecule has 0 saturated heterocycles. The molecule has 1 aromatic rings. The molecule has 0 amide bonds. The van der Waals surface area contributed by atoms with Crippen molar-refractivity contribution < 1.29 is 17.0 Å². The third-order valence-electron chi connectivity index (χ3n) is 0.776. The Morgan fingerprint density at radius 2 is 1.75 bits per heavy atom. The summed E-state index contributed by atoms with van der Waals surface area (Å²) in [6, 6.07) is 0. The molecule has 8 heavy (non-hydrogen) atoms. The van der Waals surface area contributed by atoms with E-state index in [2.05, 4.69) is 4.98 Å². The van der Waals surface area contributed by atoms with E-state index in [1.54, 1.807) is 12.4 Å². The predicted octanol–water partition coefficient (Wildman–Crippen LogP) is -3.09. The van der Waals surface area contributed by atoms with Crippen LogP contribution in [-0.2, 0) is 7.05 Å². The lowest BCUT2D eigenvalue weighted by Crippen LogP contribution is -3.00. The number of aryl methyl sites for hydroxylation is 1. The lowest BCUT2D eigenvalue weighted by Gasteiger charge is -1.77. The second-order valence-corrected chi connectivity index (χ2v) is 1.41. The van der Waals surface area contributed by atoms with Crippen LogP contribution in [0.1, 0.15) is 0 Å². The lowest BCUT2D eigenvalue weighted by atomic mass is 10.7. The average Bonchev–Trinajstić information content (AvgIpc) is 1.69. The van der Waals surface area contributed by atoms with Crippen LogP contribution >= 0.6 is 0 Å². The van der Waals surface area contributed by atoms with Gasteiger partial charge in [0, 0.05) is 0 Å². The molecule has 0 aromatic carbocycles. The molecule has 0 aliphatic carbocycles. The third kappa shape index (κ3) is 1.89. The molecular weight excluding hydrogens is 124 g/mol. The van der Waals surface area contributed by atoms with E-state index in [0.29, 0.717) is 0 Å². The second kappa shape index (κ2) is 3.38. The largest absolute Gasteiger partial charge is 1.00 e. The highest BCUT2D eigenvalue weighted by Gasteiger charge is 1.79. The summed E-state index contributed by atoms with van der Waals surface area (Å²) in [5.74, 6) is 0. The number of hydrogen-bond donors (Lipinski definition) is 0. The number of halogens is 1. The van der Waals surface area contributed by atoms with Crippen LogP contribution in [0.2, 0.25) is 0 Å². The van der Waals surface area contributed by atoms with E-state index < -0.39 is 0 Å². The van der Waals surface area contributed by atoms with Crippen molar-refractivity contribution in [2.45, 2.75) is 0 Å². The van der Waals surface area contributed by atoms with E-state index in [0.717, 1.165) is 0 Å². The van der Waals surface area contributed by atoms with Crippen molar-refractivity contribution in [3.63, 3.8) is 0 Å². The molecule has 0 bridgehead atoms. The Kier molecular flexibility index (Phi) is 3.12. The quantitative estimate of drug-likeness (QED) is 0.340. The third-order valence-corrected chi connectivity index (χ3v) is 0.776. The molecule has 1 rings (SSSR count). The van der Waals surface area contributed by atoms with Crippen molar-refractivity contribution >= 4 is 0 Å². The molecule has 0 radical (unpaired) electrons. The summed E-state index contributed by atoms with van der Waals surface area (Å²) in [4.78, 5) is 3.82. The van der Waals surface area contributed by atoms with Crippen LogP contribution in [0.4, 0.5) is 0 Å². The van der Waals surface area contributed by atoms with Gasteiger partial charge in [0.1, 0.15) is 7.05 Å². The van der Waals surface area contributed by atoms with Gasteiger partial charge < -0.3 is 12.4 Å². The molecule has 0 fully saturated rings. The standard InChI is InChI=1S/C5H7N2.ClH/c1-7-4-2-6-3-5-7;/h2-5H,1H3;1H/q+1;/p-1. The minimum atomic E-state index is 0. The topological polar surface area (TPSA) is 16.8 Å². The summed E-state index contributed by atoms with van der Waals surface area (Å²) in [6.07, 6.45) is 7.28. The molecule has 1 heterocycles. The Bertz CT molecular complexity index is 140. The van der Waals surface area contributed by atoms with Crippen LogP contribution in [0.15, 0.2) is 24.8 Å². The molecule has 0 saturated carbocycles. The Labute approximate surface area is 54.6 Å². The minimum absolute atomic E-state index is 0.